The monoisotopic (exact) mass is 1910 g/mol. The highest BCUT2D eigenvalue weighted by Crippen LogP contribution is 2.67. The number of methoxy groups -OCH3 is 1. The summed E-state index contributed by atoms with van der Waals surface area (Å²) in [6.07, 6.45) is 12.2. The molecule has 5 aliphatic heterocycles. The van der Waals surface area contributed by atoms with Crippen LogP contribution in [0.1, 0.15) is 163 Å². The molecule has 43 nitrogen and oxygen atoms in total. The number of piperidine rings is 1. The lowest BCUT2D eigenvalue weighted by Gasteiger charge is -2.60. The molecule has 45 heteroatoms. The second kappa shape index (κ2) is 53.1. The van der Waals surface area contributed by atoms with Crippen molar-refractivity contribution in [3.05, 3.63) is 123 Å². The van der Waals surface area contributed by atoms with Gasteiger partial charge in [-0.25, -0.2) is 20.2 Å². The van der Waals surface area contributed by atoms with E-state index in [9.17, 15) is 58.2 Å². The number of hydrogen-bond donors (Lipinski definition) is 13. The molecule has 6 aliphatic rings. The van der Waals surface area contributed by atoms with Crippen LogP contribution in [0.15, 0.2) is 88.8 Å². The Bertz CT molecular complexity index is 5370. The number of guanidine groups is 1. The lowest BCUT2D eigenvalue weighted by Crippen LogP contribution is -2.76. The van der Waals surface area contributed by atoms with Gasteiger partial charge in [0.15, 0.2) is 34.3 Å². The van der Waals surface area contributed by atoms with Crippen LogP contribution < -0.4 is 64.5 Å². The van der Waals surface area contributed by atoms with Crippen LogP contribution in [0, 0.1) is 23.2 Å². The number of nitrogens with zero attached hydrogens (tertiary/aromatic N) is 7. The zero-order valence-corrected chi connectivity index (χ0v) is 78.1. The van der Waals surface area contributed by atoms with E-state index in [0.29, 0.717) is 138 Å². The average Bonchev–Trinajstić information content (AvgIpc) is 1.49. The number of rotatable bonds is 37. The summed E-state index contributed by atoms with van der Waals surface area (Å²) < 4.78 is 18.0. The first kappa shape index (κ1) is 111. The highest BCUT2D eigenvalue weighted by atomic mass is 33.1. The number of aromatic nitrogens is 5. The number of nitrogens with two attached hydrogens (primary N) is 3. The Morgan fingerprint density at radius 1 is 0.815 bits per heavy atom. The minimum absolute atomic E-state index is 0.00272. The third kappa shape index (κ3) is 28.9. The third-order valence-electron chi connectivity index (χ3n) is 24.7. The lowest BCUT2D eigenvalue weighted by molar-refractivity contribution is -0.193. The number of nitrogen functional groups attached to an aromatic ring is 1. The van der Waals surface area contributed by atoms with Crippen molar-refractivity contribution in [3.8, 4) is 5.75 Å². The first-order valence-electron chi connectivity index (χ1n) is 43.3. The third-order valence-corrected chi connectivity index (χ3v) is 27.2. The number of aliphatic hydroxyl groups is 2. The number of para-hydroxylation sites is 1. The molecule has 12 rings (SSSR count). The number of H-pyrrole nitrogens is 2. The lowest BCUT2D eigenvalue weighted by atomic mass is 9.50. The minimum atomic E-state index is -2.06. The van der Waals surface area contributed by atoms with E-state index >= 15 is 0 Å². The first-order chi connectivity index (χ1) is 64.4. The fraction of sp³-hybridized carbons (Fsp3) is 0.522. The van der Waals surface area contributed by atoms with E-state index < -0.39 is 69.1 Å². The van der Waals surface area contributed by atoms with Gasteiger partial charge < -0.3 is 72.8 Å². The molecular weight excluding hydrogens is 1800 g/mol. The molecule has 728 valence electrons. The number of Topliss-reactive ketones (excluding diaryl/α,β-unsaturated/α-hetero) is 4. The number of carbonyl (C=O) groups is 9. The Kier molecular flexibility index (Phi) is 43.5. The maximum absolute atomic E-state index is 15.0. The van der Waals surface area contributed by atoms with Crippen LogP contribution in [-0.2, 0) is 115 Å². The molecule has 1 spiro atoms. The Morgan fingerprint density at radius 3 is 2.15 bits per heavy atom. The standard InChI is InChI=1S/C62H89N11O11S2.C23H27N7O4.5CO2/c1-8-59(80)31-40-32-60(36-83-37-74,51-42(18-23-72(33-40)35-59)41-14-9-10-15-45(41)68-51)44-29-43-47(30-50(44)82-7)71(6)54-61(43)20-24-73-22-13-19-58(4,53(61)73)34-62(54,81)55(78)69-70-57(79)84-25-27-86-85-26-12-17-48(75)39(3)67-52(77)38(2)28-49(76)46(65-5)16-11-21-66-56(63)64;1-13(14(2)31)10-18(32)4-3-9-25-21(33)15-5-7-16(8-6-15)26-11-17-12-27-20-19(28-17)22(34)30-23(24)29-20;5*2-1-3/h9-10,13-15,19,29-30,37-40,46,53-54,65,68,80-81H,8,11-12,16-18,20-28,31-36H2,1-7H3,(H,67,77)(H,69,78)(H,70,79)(H4,63,64,66);5-8,12-13,26H,3-4,9-11H2,1-2H3,(H,25,33)(H3,24,27,29,30,34);;;;;/t38-,39+,40-,46+,53+,54-,58+,59?,60+,61-,62-;13-;;;;;/m11...../s1. The van der Waals surface area contributed by atoms with E-state index in [-0.39, 0.29) is 146 Å². The van der Waals surface area contributed by atoms with Crippen molar-refractivity contribution in [3.63, 3.8) is 0 Å². The molecule has 2 bridgehead atoms. The van der Waals surface area contributed by atoms with Gasteiger partial charge in [-0.3, -0.25) is 68.4 Å². The molecule has 1 aliphatic carbocycles. The summed E-state index contributed by atoms with van der Waals surface area (Å²) in [5.41, 5.74) is 23.0. The van der Waals surface area contributed by atoms with Crippen molar-refractivity contribution in [1.29, 1.82) is 0 Å². The van der Waals surface area contributed by atoms with Gasteiger partial charge in [-0.15, -0.1) is 0 Å². The van der Waals surface area contributed by atoms with Crippen LogP contribution in [0.3, 0.4) is 0 Å². The van der Waals surface area contributed by atoms with Crippen LogP contribution in [0.4, 0.5) is 22.1 Å². The van der Waals surface area contributed by atoms with Gasteiger partial charge in [0.05, 0.1) is 54.7 Å². The van der Waals surface area contributed by atoms with Crippen molar-refractivity contribution in [1.82, 2.24) is 61.5 Å². The summed E-state index contributed by atoms with van der Waals surface area (Å²) in [6, 6.07) is 17.3. The smallest absolute Gasteiger partial charge is 0.426 e. The minimum Gasteiger partial charge on any atom is -0.496 e. The van der Waals surface area contributed by atoms with Gasteiger partial charge in [-0.2, -0.15) is 52.9 Å². The zero-order chi connectivity index (χ0) is 100.0. The second-order valence-electron chi connectivity index (χ2n) is 33.6. The summed E-state index contributed by atoms with van der Waals surface area (Å²) in [4.78, 5) is 237. The summed E-state index contributed by atoms with van der Waals surface area (Å²) in [6.45, 7) is 15.7. The molecule has 4 amide bonds. The summed E-state index contributed by atoms with van der Waals surface area (Å²) in [7, 11) is 8.22. The predicted octanol–water partition coefficient (Wildman–Crippen LogP) is 2.80. The van der Waals surface area contributed by atoms with E-state index in [2.05, 4.69) is 109 Å². The molecule has 8 heterocycles. The number of aliphatic imine (C=N–C) groups is 1. The molecule has 6 aromatic rings. The number of benzene rings is 3. The number of carbonyl (C=O) groups excluding carboxylic acids is 19. The molecule has 3 aromatic carbocycles. The van der Waals surface area contributed by atoms with Gasteiger partial charge in [0, 0.05) is 157 Å². The largest absolute Gasteiger partial charge is 0.496 e. The van der Waals surface area contributed by atoms with Crippen molar-refractivity contribution in [2.45, 2.75) is 184 Å². The summed E-state index contributed by atoms with van der Waals surface area (Å²) in [5.74, 6) is -0.884. The van der Waals surface area contributed by atoms with Gasteiger partial charge in [0.25, 0.3) is 23.8 Å². The summed E-state index contributed by atoms with van der Waals surface area (Å²) in [5, 5.41) is 38.3. The number of ketones is 4. The number of nitrogens with one attached hydrogen (secondary N) is 8. The maximum Gasteiger partial charge on any atom is 0.426 e. The molecule has 2 unspecified atom stereocenters. The SMILES string of the molecule is CC(=O)[C@H](C)CC(=O)CCCNC(=O)c1ccc(NCc2cnc3nc(N)[nH]c(=O)c3n2)cc1.CCC1(O)C[C@H]2CN(CCc3c([nH]c4ccccc34)[C@@](COC=O)(c3cc4c(cc3OC)N(C)[C@@H]3[C@]45CCN4CC=C[C@@](C)(C[C@]3(O)C(=O)NNC(=O)OCCSSCCCC(=O)[C@H](C)NC(=O)[C@H](C)CC(=O)[C@H](CCCN=C(N)N)NC)[C@H]45)C2)C1.O=C=O.O=C=O.O=C=O.O=C=O.O=C=O. The number of ether oxygens (including phenoxy) is 3. The highest BCUT2D eigenvalue weighted by Gasteiger charge is 2.75. The average molecular weight is 1910 g/mol. The quantitative estimate of drug-likeness (QED) is 0.00507. The molecule has 3 aromatic heterocycles. The number of hydrogen-bond acceptors (Lipinski definition) is 37. The molecule has 2 saturated heterocycles. The number of anilines is 3. The summed E-state index contributed by atoms with van der Waals surface area (Å²) >= 11 is 0. The van der Waals surface area contributed by atoms with Crippen molar-refractivity contribution < 1.29 is 116 Å². The van der Waals surface area contributed by atoms with E-state index in [0.717, 1.165) is 57.8 Å². The number of likely N-dealkylation sites (N-methyl/N-ethyl adjacent to an activating group) is 2. The van der Waals surface area contributed by atoms with Crippen LogP contribution in [0.5, 0.6) is 5.75 Å². The fourth-order valence-corrected chi connectivity index (χ4v) is 21.0. The number of amides is 4. The normalized spacial score (nSPS) is 21.8. The van der Waals surface area contributed by atoms with E-state index in [1.807, 2.05) is 37.1 Å². The molecule has 0 radical (unpaired) electrons. The van der Waals surface area contributed by atoms with Gasteiger partial charge in [0.1, 0.15) is 30.5 Å². The van der Waals surface area contributed by atoms with E-state index in [1.54, 1.807) is 59.2 Å². The highest BCUT2D eigenvalue weighted by molar-refractivity contribution is 8.76. The van der Waals surface area contributed by atoms with Crippen LogP contribution in [0.25, 0.3) is 22.1 Å². The number of aromatic amines is 2. The first-order valence-corrected chi connectivity index (χ1v) is 45.8. The van der Waals surface area contributed by atoms with E-state index in [1.165, 1.54) is 34.7 Å². The van der Waals surface area contributed by atoms with Gasteiger partial charge in [-0.05, 0) is 145 Å². The Balaban J connectivity index is 0.000000470. The van der Waals surface area contributed by atoms with Gasteiger partial charge >= 0.3 is 36.9 Å². The topological polar surface area (TPSA) is 652 Å². The number of fused-ring (bicyclic) bond motifs is 7. The van der Waals surface area contributed by atoms with Crippen molar-refractivity contribution in [2.75, 3.05) is 108 Å². The van der Waals surface area contributed by atoms with Gasteiger partial charge in [0.2, 0.25) is 11.9 Å². The Morgan fingerprint density at radius 2 is 1.50 bits per heavy atom. The Labute approximate surface area is 784 Å². The molecule has 16 N–H and O–H groups in total. The fourth-order valence-electron chi connectivity index (χ4n) is 19.0. The molecule has 135 heavy (non-hydrogen) atoms. The maximum atomic E-state index is 15.0. The predicted molar refractivity (Wildman–Crippen MR) is 486 cm³/mol. The van der Waals surface area contributed by atoms with Gasteiger partial charge in [-0.1, -0.05) is 79.6 Å². The van der Waals surface area contributed by atoms with Crippen LogP contribution >= 0.6 is 21.6 Å². The molecule has 13 atom stereocenters. The second-order valence-corrected chi connectivity index (χ2v) is 36.3. The number of hydrazine groups is 1. The van der Waals surface area contributed by atoms with Crippen molar-refractivity contribution in [2.24, 2.45) is 39.6 Å². The van der Waals surface area contributed by atoms with E-state index in [4.69, 9.17) is 79.4 Å². The molecule has 1 saturated carbocycles. The van der Waals surface area contributed by atoms with Crippen LogP contribution in [-0.4, -0.2) is 262 Å². The Hall–Kier alpha value is -13.1. The molecule has 3 fully saturated rings. The zero-order valence-electron chi connectivity index (χ0n) is 76.5. The molecular formula is C90H116N18O25S2. The van der Waals surface area contributed by atoms with Crippen molar-refractivity contribution >= 4 is 151 Å². The van der Waals surface area contributed by atoms with Crippen LogP contribution in [0.2, 0.25) is 0 Å².